The second-order valence-corrected chi connectivity index (χ2v) is 4.89. The van der Waals surface area contributed by atoms with Gasteiger partial charge in [-0.25, -0.2) is 0 Å². The lowest BCUT2D eigenvalue weighted by Crippen LogP contribution is -2.47. The summed E-state index contributed by atoms with van der Waals surface area (Å²) in [5.74, 6) is -0.525. The third-order valence-electron chi connectivity index (χ3n) is 3.01. The maximum absolute atomic E-state index is 11.6. The SMILES string of the molecule is CNC(=O)C(C)(C)CNC1CC(=O)N(C)C1=O. The fraction of sp³-hybridized carbons (Fsp3) is 0.727. The van der Waals surface area contributed by atoms with Crippen molar-refractivity contribution in [2.24, 2.45) is 5.41 Å². The molecule has 96 valence electrons. The van der Waals surface area contributed by atoms with Gasteiger partial charge in [-0.05, 0) is 13.8 Å². The van der Waals surface area contributed by atoms with Crippen molar-refractivity contribution in [3.63, 3.8) is 0 Å². The van der Waals surface area contributed by atoms with E-state index in [1.807, 2.05) is 0 Å². The van der Waals surface area contributed by atoms with Crippen molar-refractivity contribution in [3.05, 3.63) is 0 Å². The lowest BCUT2D eigenvalue weighted by molar-refractivity contribution is -0.137. The van der Waals surface area contributed by atoms with Crippen molar-refractivity contribution >= 4 is 17.7 Å². The van der Waals surface area contributed by atoms with E-state index < -0.39 is 11.5 Å². The van der Waals surface area contributed by atoms with E-state index >= 15 is 0 Å². The molecule has 1 rings (SSSR count). The number of carbonyl (C=O) groups excluding carboxylic acids is 3. The molecule has 0 aliphatic carbocycles. The first-order valence-corrected chi connectivity index (χ1v) is 5.55. The Morgan fingerprint density at radius 1 is 1.47 bits per heavy atom. The van der Waals surface area contributed by atoms with Crippen LogP contribution >= 0.6 is 0 Å². The van der Waals surface area contributed by atoms with E-state index in [4.69, 9.17) is 0 Å². The Morgan fingerprint density at radius 2 is 2.06 bits per heavy atom. The van der Waals surface area contributed by atoms with Gasteiger partial charge in [0.1, 0.15) is 0 Å². The molecule has 0 aromatic heterocycles. The van der Waals surface area contributed by atoms with Gasteiger partial charge in [0.2, 0.25) is 17.7 Å². The lowest BCUT2D eigenvalue weighted by atomic mass is 9.92. The first-order valence-electron chi connectivity index (χ1n) is 5.55. The second kappa shape index (κ2) is 4.83. The van der Waals surface area contributed by atoms with Gasteiger partial charge in [-0.2, -0.15) is 0 Å². The third kappa shape index (κ3) is 2.82. The van der Waals surface area contributed by atoms with Gasteiger partial charge in [0, 0.05) is 20.6 Å². The predicted molar refractivity (Wildman–Crippen MR) is 62.0 cm³/mol. The fourth-order valence-electron chi connectivity index (χ4n) is 1.71. The fourth-order valence-corrected chi connectivity index (χ4v) is 1.71. The number of nitrogens with zero attached hydrogens (tertiary/aromatic N) is 1. The summed E-state index contributed by atoms with van der Waals surface area (Å²) >= 11 is 0. The maximum atomic E-state index is 11.6. The van der Waals surface area contributed by atoms with E-state index in [0.717, 1.165) is 4.90 Å². The molecule has 6 nitrogen and oxygen atoms in total. The highest BCUT2D eigenvalue weighted by Crippen LogP contribution is 2.16. The average Bonchev–Trinajstić information content (AvgIpc) is 2.53. The van der Waals surface area contributed by atoms with Gasteiger partial charge < -0.3 is 10.6 Å². The Labute approximate surface area is 101 Å². The molecule has 2 N–H and O–H groups in total. The van der Waals surface area contributed by atoms with Crippen molar-refractivity contribution < 1.29 is 14.4 Å². The Hall–Kier alpha value is -1.43. The van der Waals surface area contributed by atoms with Crippen molar-refractivity contribution in [3.8, 4) is 0 Å². The number of hydrogen-bond acceptors (Lipinski definition) is 4. The van der Waals surface area contributed by atoms with E-state index in [0.29, 0.717) is 6.54 Å². The highest BCUT2D eigenvalue weighted by molar-refractivity contribution is 6.05. The first kappa shape index (κ1) is 13.6. The molecular formula is C11H19N3O3. The summed E-state index contributed by atoms with van der Waals surface area (Å²) in [6.07, 6.45) is 0.166. The standard InChI is InChI=1S/C11H19N3O3/c1-11(2,10(17)12-3)6-13-7-5-8(15)14(4)9(7)16/h7,13H,5-6H2,1-4H3,(H,12,17). The van der Waals surface area contributed by atoms with E-state index in [-0.39, 0.29) is 24.1 Å². The molecule has 3 amide bonds. The lowest BCUT2D eigenvalue weighted by Gasteiger charge is -2.24. The molecule has 0 radical (unpaired) electrons. The molecule has 1 atom stereocenters. The number of carbonyl (C=O) groups is 3. The van der Waals surface area contributed by atoms with Gasteiger partial charge in [-0.15, -0.1) is 0 Å². The molecular weight excluding hydrogens is 222 g/mol. The quantitative estimate of drug-likeness (QED) is 0.626. The van der Waals surface area contributed by atoms with Crippen molar-refractivity contribution in [2.45, 2.75) is 26.3 Å². The minimum absolute atomic E-state index is 0.102. The first-order chi connectivity index (χ1) is 7.79. The van der Waals surface area contributed by atoms with Gasteiger partial charge in [-0.3, -0.25) is 19.3 Å². The van der Waals surface area contributed by atoms with Crippen LogP contribution in [0.1, 0.15) is 20.3 Å². The highest BCUT2D eigenvalue weighted by atomic mass is 16.2. The molecule has 1 unspecified atom stereocenters. The normalized spacial score (nSPS) is 20.9. The van der Waals surface area contributed by atoms with Crippen LogP contribution in [-0.4, -0.2) is 49.3 Å². The zero-order chi connectivity index (χ0) is 13.2. The van der Waals surface area contributed by atoms with E-state index in [1.165, 1.54) is 7.05 Å². The molecule has 1 fully saturated rings. The summed E-state index contributed by atoms with van der Waals surface area (Å²) in [4.78, 5) is 35.6. The minimum Gasteiger partial charge on any atom is -0.359 e. The van der Waals surface area contributed by atoms with Crippen molar-refractivity contribution in [2.75, 3.05) is 20.6 Å². The van der Waals surface area contributed by atoms with Gasteiger partial charge >= 0.3 is 0 Å². The minimum atomic E-state index is -0.612. The molecule has 0 aromatic carbocycles. The van der Waals surface area contributed by atoms with Gasteiger partial charge in [-0.1, -0.05) is 0 Å². The molecule has 6 heteroatoms. The van der Waals surface area contributed by atoms with E-state index in [9.17, 15) is 14.4 Å². The molecule has 1 aliphatic rings. The van der Waals surface area contributed by atoms with Crippen LogP contribution in [0.5, 0.6) is 0 Å². The molecule has 1 heterocycles. The average molecular weight is 241 g/mol. The molecule has 0 bridgehead atoms. The molecule has 1 saturated heterocycles. The Balaban J connectivity index is 2.55. The van der Waals surface area contributed by atoms with Gasteiger partial charge in [0.25, 0.3) is 0 Å². The summed E-state index contributed by atoms with van der Waals surface area (Å²) in [5, 5.41) is 5.54. The van der Waals surface area contributed by atoms with Crippen molar-refractivity contribution in [1.29, 1.82) is 0 Å². The van der Waals surface area contributed by atoms with Gasteiger partial charge in [0.05, 0.1) is 17.9 Å². The number of likely N-dealkylation sites (tertiary alicyclic amines) is 1. The van der Waals surface area contributed by atoms with Gasteiger partial charge in [0.15, 0.2) is 0 Å². The highest BCUT2D eigenvalue weighted by Gasteiger charge is 2.37. The Bertz CT molecular complexity index is 352. The molecule has 0 spiro atoms. The van der Waals surface area contributed by atoms with Crippen LogP contribution in [-0.2, 0) is 14.4 Å². The van der Waals surface area contributed by atoms with Crippen LogP contribution in [0.4, 0.5) is 0 Å². The zero-order valence-corrected chi connectivity index (χ0v) is 10.7. The Morgan fingerprint density at radius 3 is 2.47 bits per heavy atom. The second-order valence-electron chi connectivity index (χ2n) is 4.89. The zero-order valence-electron chi connectivity index (χ0n) is 10.7. The van der Waals surface area contributed by atoms with E-state index in [2.05, 4.69) is 10.6 Å². The smallest absolute Gasteiger partial charge is 0.246 e. The third-order valence-corrected chi connectivity index (χ3v) is 3.01. The van der Waals surface area contributed by atoms with Crippen LogP contribution in [0.3, 0.4) is 0 Å². The summed E-state index contributed by atoms with van der Waals surface area (Å²) in [5.41, 5.74) is -0.612. The van der Waals surface area contributed by atoms with Crippen LogP contribution in [0, 0.1) is 5.41 Å². The topological polar surface area (TPSA) is 78.5 Å². The monoisotopic (exact) mass is 241 g/mol. The summed E-state index contributed by atoms with van der Waals surface area (Å²) in [6, 6.07) is -0.503. The molecule has 1 aliphatic heterocycles. The summed E-state index contributed by atoms with van der Waals surface area (Å²) < 4.78 is 0. The van der Waals surface area contributed by atoms with Crippen LogP contribution in [0.15, 0.2) is 0 Å². The van der Waals surface area contributed by atoms with Crippen LogP contribution in [0.25, 0.3) is 0 Å². The number of amides is 3. The number of nitrogens with one attached hydrogen (secondary N) is 2. The largest absolute Gasteiger partial charge is 0.359 e. The Kier molecular flexibility index (Phi) is 3.87. The van der Waals surface area contributed by atoms with E-state index in [1.54, 1.807) is 20.9 Å². The number of imide groups is 1. The predicted octanol–water partition coefficient (Wildman–Crippen LogP) is -0.894. The van der Waals surface area contributed by atoms with Crippen LogP contribution < -0.4 is 10.6 Å². The summed E-state index contributed by atoms with van der Waals surface area (Å²) in [7, 11) is 3.04. The molecule has 0 aromatic rings. The number of likely N-dealkylation sites (N-methyl/N-ethyl adjacent to an activating group) is 1. The van der Waals surface area contributed by atoms with Crippen molar-refractivity contribution in [1.82, 2.24) is 15.5 Å². The summed E-state index contributed by atoms with van der Waals surface area (Å²) in [6.45, 7) is 3.91. The van der Waals surface area contributed by atoms with Crippen LogP contribution in [0.2, 0.25) is 0 Å². The molecule has 17 heavy (non-hydrogen) atoms. The number of rotatable bonds is 4. The maximum Gasteiger partial charge on any atom is 0.246 e. The number of hydrogen-bond donors (Lipinski definition) is 2. The molecule has 0 saturated carbocycles.